The highest BCUT2D eigenvalue weighted by molar-refractivity contribution is 5.87. The first kappa shape index (κ1) is 20.2. The van der Waals surface area contributed by atoms with Crippen molar-refractivity contribution in [3.8, 4) is 11.5 Å². The third-order valence-corrected chi connectivity index (χ3v) is 3.64. The molecule has 0 unspecified atom stereocenters. The Balaban J connectivity index is 3.01. The minimum atomic E-state index is 0.535. The van der Waals surface area contributed by atoms with Crippen molar-refractivity contribution < 1.29 is 14.3 Å². The Hall–Kier alpha value is -2.88. The summed E-state index contributed by atoms with van der Waals surface area (Å²) in [6.07, 6.45) is 10.4. The summed E-state index contributed by atoms with van der Waals surface area (Å²) >= 11 is 0. The number of methoxy groups -OCH3 is 2. The van der Waals surface area contributed by atoms with Gasteiger partial charge in [0.15, 0.2) is 11.5 Å². The smallest absolute Gasteiger partial charge is 0.161 e. The summed E-state index contributed by atoms with van der Waals surface area (Å²) in [5.41, 5.74) is 3.43. The molecule has 25 heavy (non-hydrogen) atoms. The van der Waals surface area contributed by atoms with E-state index in [1.165, 1.54) is 11.6 Å². The Labute approximate surface area is 149 Å². The highest BCUT2D eigenvalue weighted by Crippen LogP contribution is 2.30. The van der Waals surface area contributed by atoms with E-state index >= 15 is 0 Å². The molecule has 0 aliphatic carbocycles. The molecule has 0 aliphatic rings. The lowest BCUT2D eigenvalue weighted by Crippen LogP contribution is -1.92. The Morgan fingerprint density at radius 3 is 2.52 bits per heavy atom. The van der Waals surface area contributed by atoms with E-state index in [0.29, 0.717) is 23.5 Å². The lowest BCUT2D eigenvalue weighted by atomic mass is 10.1. The third-order valence-electron chi connectivity index (χ3n) is 3.64. The number of hydrogen-bond donors (Lipinski definition) is 0. The van der Waals surface area contributed by atoms with Gasteiger partial charge in [0.1, 0.15) is 6.29 Å². The van der Waals surface area contributed by atoms with Crippen LogP contribution in [0, 0.1) is 0 Å². The largest absolute Gasteiger partial charge is 0.493 e. The van der Waals surface area contributed by atoms with Crippen LogP contribution in [0.5, 0.6) is 11.5 Å². The summed E-state index contributed by atoms with van der Waals surface area (Å²) in [6.45, 7) is 8.11. The van der Waals surface area contributed by atoms with Crippen LogP contribution >= 0.6 is 0 Å². The summed E-state index contributed by atoms with van der Waals surface area (Å²) in [5, 5.41) is 0. The van der Waals surface area contributed by atoms with E-state index in [0.717, 1.165) is 17.6 Å². The number of rotatable bonds is 9. The fourth-order valence-electron chi connectivity index (χ4n) is 2.28. The maximum absolute atomic E-state index is 10.9. The highest BCUT2D eigenvalue weighted by atomic mass is 16.5. The molecule has 0 radical (unpaired) electrons. The standard InChI is InChI=1S/C21H25NO3/c1-6-17(7-2)16(3)9-8-13-22-19(12-14-23)18-10-11-20(24-4)21(15-18)25-5/h6,8-15H,3,7H2,1-2,4-5H3/b9-8-,17-6+,19-12-,22-13-. The summed E-state index contributed by atoms with van der Waals surface area (Å²) in [5.74, 6) is 1.20. The Kier molecular flexibility index (Phi) is 8.72. The van der Waals surface area contributed by atoms with Gasteiger partial charge in [0.05, 0.1) is 19.9 Å². The van der Waals surface area contributed by atoms with Crippen LogP contribution in [0.3, 0.4) is 0 Å². The first-order valence-corrected chi connectivity index (χ1v) is 8.04. The van der Waals surface area contributed by atoms with E-state index in [1.807, 2.05) is 25.1 Å². The minimum absolute atomic E-state index is 0.535. The van der Waals surface area contributed by atoms with Crippen LogP contribution < -0.4 is 9.47 Å². The van der Waals surface area contributed by atoms with Crippen LogP contribution in [0.2, 0.25) is 0 Å². The molecule has 4 heteroatoms. The Bertz CT molecular complexity index is 725. The van der Waals surface area contributed by atoms with E-state index < -0.39 is 0 Å². The van der Waals surface area contributed by atoms with Crippen molar-refractivity contribution >= 4 is 18.2 Å². The van der Waals surface area contributed by atoms with E-state index in [4.69, 9.17) is 9.47 Å². The summed E-state index contributed by atoms with van der Waals surface area (Å²) < 4.78 is 10.5. The molecular weight excluding hydrogens is 314 g/mol. The predicted octanol–water partition coefficient (Wildman–Crippen LogP) is 4.78. The zero-order chi connectivity index (χ0) is 18.7. The van der Waals surface area contributed by atoms with Crippen LogP contribution in [0.25, 0.3) is 5.70 Å². The van der Waals surface area contributed by atoms with Gasteiger partial charge in [0.25, 0.3) is 0 Å². The number of carbonyl (C=O) groups is 1. The Morgan fingerprint density at radius 2 is 1.96 bits per heavy atom. The first-order chi connectivity index (χ1) is 12.1. The minimum Gasteiger partial charge on any atom is -0.493 e. The molecule has 1 aromatic rings. The van der Waals surface area contributed by atoms with Crippen LogP contribution in [0.1, 0.15) is 25.8 Å². The van der Waals surface area contributed by atoms with Crippen molar-refractivity contribution in [2.75, 3.05) is 14.2 Å². The average Bonchev–Trinajstić information content (AvgIpc) is 2.64. The van der Waals surface area contributed by atoms with Gasteiger partial charge in [-0.2, -0.15) is 0 Å². The monoisotopic (exact) mass is 339 g/mol. The number of aldehydes is 1. The van der Waals surface area contributed by atoms with Crippen LogP contribution in [0.4, 0.5) is 0 Å². The number of benzene rings is 1. The second-order valence-electron chi connectivity index (χ2n) is 5.09. The van der Waals surface area contributed by atoms with Crippen molar-refractivity contribution in [3.63, 3.8) is 0 Å². The van der Waals surface area contributed by atoms with E-state index in [1.54, 1.807) is 38.6 Å². The molecule has 0 saturated carbocycles. The zero-order valence-corrected chi connectivity index (χ0v) is 15.3. The highest BCUT2D eigenvalue weighted by Gasteiger charge is 2.07. The number of aliphatic imine (C=N–C) groups is 1. The van der Waals surface area contributed by atoms with Crippen molar-refractivity contribution in [2.45, 2.75) is 20.3 Å². The number of carbonyl (C=O) groups excluding carboxylic acids is 1. The summed E-state index contributed by atoms with van der Waals surface area (Å²) in [7, 11) is 3.14. The molecular formula is C21H25NO3. The van der Waals surface area contributed by atoms with Gasteiger partial charge in [0, 0.05) is 17.9 Å². The molecule has 0 bridgehead atoms. The lowest BCUT2D eigenvalue weighted by Gasteiger charge is -2.09. The van der Waals surface area contributed by atoms with Crippen LogP contribution in [0.15, 0.2) is 65.2 Å². The van der Waals surface area contributed by atoms with E-state index in [2.05, 4.69) is 18.5 Å². The van der Waals surface area contributed by atoms with E-state index in [-0.39, 0.29) is 0 Å². The average molecular weight is 339 g/mol. The molecule has 0 heterocycles. The molecule has 0 atom stereocenters. The maximum Gasteiger partial charge on any atom is 0.161 e. The first-order valence-electron chi connectivity index (χ1n) is 8.04. The third kappa shape index (κ3) is 5.92. The molecule has 0 aliphatic heterocycles. The van der Waals surface area contributed by atoms with E-state index in [9.17, 15) is 4.79 Å². The van der Waals surface area contributed by atoms with Gasteiger partial charge in [-0.05, 0) is 48.8 Å². The molecule has 0 saturated heterocycles. The van der Waals surface area contributed by atoms with Gasteiger partial charge in [-0.1, -0.05) is 25.7 Å². The topological polar surface area (TPSA) is 47.9 Å². The number of allylic oxidation sites excluding steroid dienone is 6. The molecule has 0 aromatic heterocycles. The van der Waals surface area contributed by atoms with Crippen LogP contribution in [-0.2, 0) is 4.79 Å². The zero-order valence-electron chi connectivity index (χ0n) is 15.3. The Morgan fingerprint density at radius 1 is 1.24 bits per heavy atom. The quantitative estimate of drug-likeness (QED) is 0.281. The fourth-order valence-corrected chi connectivity index (χ4v) is 2.28. The van der Waals surface area contributed by atoms with Crippen molar-refractivity contribution in [2.24, 2.45) is 4.99 Å². The van der Waals surface area contributed by atoms with Crippen molar-refractivity contribution in [1.29, 1.82) is 0 Å². The molecule has 1 rings (SSSR count). The summed E-state index contributed by atoms with van der Waals surface area (Å²) in [4.78, 5) is 15.3. The predicted molar refractivity (Wildman–Crippen MR) is 104 cm³/mol. The number of ether oxygens (including phenoxy) is 2. The molecule has 0 N–H and O–H groups in total. The lowest BCUT2D eigenvalue weighted by molar-refractivity contribution is -0.104. The fraction of sp³-hybridized carbons (Fsp3) is 0.238. The molecule has 0 spiro atoms. The molecule has 132 valence electrons. The van der Waals surface area contributed by atoms with Gasteiger partial charge in [-0.25, -0.2) is 0 Å². The molecule has 0 amide bonds. The van der Waals surface area contributed by atoms with Gasteiger partial charge < -0.3 is 9.47 Å². The molecule has 0 fully saturated rings. The van der Waals surface area contributed by atoms with Gasteiger partial charge in [-0.3, -0.25) is 9.79 Å². The van der Waals surface area contributed by atoms with Crippen LogP contribution in [-0.4, -0.2) is 26.7 Å². The maximum atomic E-state index is 10.9. The summed E-state index contributed by atoms with van der Waals surface area (Å²) in [6, 6.07) is 5.38. The van der Waals surface area contributed by atoms with Gasteiger partial charge in [-0.15, -0.1) is 0 Å². The van der Waals surface area contributed by atoms with Crippen molar-refractivity contribution in [1.82, 2.24) is 0 Å². The van der Waals surface area contributed by atoms with Crippen molar-refractivity contribution in [3.05, 3.63) is 65.8 Å². The van der Waals surface area contributed by atoms with Gasteiger partial charge >= 0.3 is 0 Å². The number of nitrogens with zero attached hydrogens (tertiary/aromatic N) is 1. The second-order valence-corrected chi connectivity index (χ2v) is 5.09. The molecule has 4 nitrogen and oxygen atoms in total. The SMILES string of the molecule is C=C(\C=C/C=N\C(=C/C=O)c1ccc(OC)c(OC)c1)/C(=C/C)CC. The number of hydrogen-bond acceptors (Lipinski definition) is 4. The van der Waals surface area contributed by atoms with Gasteiger partial charge in [0.2, 0.25) is 0 Å². The molecule has 1 aromatic carbocycles. The normalized spacial score (nSPS) is 12.6. The second kappa shape index (κ2) is 10.8.